The van der Waals surface area contributed by atoms with E-state index < -0.39 is 0 Å². The van der Waals surface area contributed by atoms with E-state index in [9.17, 15) is 4.79 Å². The van der Waals surface area contributed by atoms with Gasteiger partial charge >= 0.3 is 0 Å². The van der Waals surface area contributed by atoms with Crippen molar-refractivity contribution < 1.29 is 14.3 Å². The zero-order chi connectivity index (χ0) is 20.4. The predicted molar refractivity (Wildman–Crippen MR) is 109 cm³/mol. The number of hydrogen-bond acceptors (Lipinski definition) is 7. The minimum atomic E-state index is -0.227. The van der Waals surface area contributed by atoms with E-state index in [2.05, 4.69) is 21.6 Å². The fourth-order valence-corrected chi connectivity index (χ4v) is 4.64. The number of thioether (sulfide) groups is 1. The molecule has 29 heavy (non-hydrogen) atoms. The Morgan fingerprint density at radius 3 is 2.79 bits per heavy atom. The second kappa shape index (κ2) is 8.22. The van der Waals surface area contributed by atoms with Gasteiger partial charge in [0.05, 0.1) is 30.5 Å². The fraction of sp³-hybridized carbons (Fsp3) is 0.600. The zero-order valence-corrected chi connectivity index (χ0v) is 17.9. The highest BCUT2D eigenvalue weighted by Gasteiger charge is 2.31. The molecular weight excluding hydrogens is 390 g/mol. The second-order valence-corrected chi connectivity index (χ2v) is 9.28. The van der Waals surface area contributed by atoms with Gasteiger partial charge in [0.1, 0.15) is 0 Å². The van der Waals surface area contributed by atoms with E-state index in [1.54, 1.807) is 4.68 Å². The van der Waals surface area contributed by atoms with Crippen LogP contribution in [0.1, 0.15) is 51.6 Å². The fourth-order valence-electron chi connectivity index (χ4n) is 3.70. The first-order chi connectivity index (χ1) is 13.9. The maximum Gasteiger partial charge on any atom is 0.233 e. The summed E-state index contributed by atoms with van der Waals surface area (Å²) in [5, 5.41) is 12.6. The van der Waals surface area contributed by atoms with Crippen LogP contribution in [0.15, 0.2) is 23.4 Å². The summed E-state index contributed by atoms with van der Waals surface area (Å²) in [6.07, 6.45) is 2.83. The first kappa shape index (κ1) is 20.0. The lowest BCUT2D eigenvalue weighted by molar-refractivity contribution is -0.129. The molecule has 3 heterocycles. The van der Waals surface area contributed by atoms with Crippen LogP contribution in [-0.2, 0) is 10.3 Å². The molecule has 156 valence electrons. The SMILES string of the molecule is CC(C)(C)n1nnnc1SCC(=O)N1CCC[C@H]1c1ccc2c(c1)OCCCO2. The van der Waals surface area contributed by atoms with Crippen molar-refractivity contribution in [3.63, 3.8) is 0 Å². The topological polar surface area (TPSA) is 82.4 Å². The Bertz CT molecular complexity index is 879. The summed E-state index contributed by atoms with van der Waals surface area (Å²) >= 11 is 1.39. The third-order valence-electron chi connectivity index (χ3n) is 5.13. The van der Waals surface area contributed by atoms with Gasteiger partial charge in [-0.25, -0.2) is 4.68 Å². The van der Waals surface area contributed by atoms with Crippen molar-refractivity contribution in [2.24, 2.45) is 0 Å². The van der Waals surface area contributed by atoms with Crippen LogP contribution in [0.3, 0.4) is 0 Å². The van der Waals surface area contributed by atoms with Crippen LogP contribution in [0.4, 0.5) is 0 Å². The van der Waals surface area contributed by atoms with E-state index >= 15 is 0 Å². The molecule has 2 aromatic rings. The molecular formula is C20H27N5O3S. The molecule has 1 atom stereocenters. The lowest BCUT2D eigenvalue weighted by Crippen LogP contribution is -2.32. The number of amides is 1. The summed E-state index contributed by atoms with van der Waals surface area (Å²) in [5.41, 5.74) is 0.874. The van der Waals surface area contributed by atoms with Crippen LogP contribution in [0, 0.1) is 0 Å². The van der Waals surface area contributed by atoms with Gasteiger partial charge in [-0.3, -0.25) is 4.79 Å². The van der Waals surface area contributed by atoms with Crippen LogP contribution in [0.25, 0.3) is 0 Å². The number of rotatable bonds is 4. The molecule has 0 aliphatic carbocycles. The van der Waals surface area contributed by atoms with Gasteiger partial charge in [-0.1, -0.05) is 17.8 Å². The molecule has 0 radical (unpaired) electrons. The first-order valence-corrected chi connectivity index (χ1v) is 11.0. The molecule has 0 saturated carbocycles. The molecule has 9 heteroatoms. The molecule has 0 spiro atoms. The van der Waals surface area contributed by atoms with E-state index in [-0.39, 0.29) is 17.5 Å². The van der Waals surface area contributed by atoms with Crippen molar-refractivity contribution in [2.75, 3.05) is 25.5 Å². The van der Waals surface area contributed by atoms with Crippen molar-refractivity contribution in [3.8, 4) is 11.5 Å². The third-order valence-corrected chi connectivity index (χ3v) is 6.03. The smallest absolute Gasteiger partial charge is 0.233 e. The number of likely N-dealkylation sites (tertiary alicyclic amines) is 1. The second-order valence-electron chi connectivity index (χ2n) is 8.33. The monoisotopic (exact) mass is 417 g/mol. The highest BCUT2D eigenvalue weighted by molar-refractivity contribution is 7.99. The molecule has 1 amide bonds. The molecule has 8 nitrogen and oxygen atoms in total. The first-order valence-electron chi connectivity index (χ1n) is 10.0. The number of hydrogen-bond donors (Lipinski definition) is 0. The molecule has 2 aliphatic heterocycles. The maximum absolute atomic E-state index is 13.0. The largest absolute Gasteiger partial charge is 0.490 e. The molecule has 2 aliphatic rings. The summed E-state index contributed by atoms with van der Waals surface area (Å²) in [6.45, 7) is 8.21. The average Bonchev–Trinajstić information content (AvgIpc) is 3.30. The van der Waals surface area contributed by atoms with Gasteiger partial charge in [0.15, 0.2) is 11.5 Å². The van der Waals surface area contributed by atoms with Crippen molar-refractivity contribution in [1.29, 1.82) is 0 Å². The van der Waals surface area contributed by atoms with Crippen molar-refractivity contribution in [1.82, 2.24) is 25.1 Å². The minimum Gasteiger partial charge on any atom is -0.490 e. The van der Waals surface area contributed by atoms with Gasteiger partial charge in [-0.2, -0.15) is 0 Å². The highest BCUT2D eigenvalue weighted by atomic mass is 32.2. The van der Waals surface area contributed by atoms with Crippen molar-refractivity contribution in [3.05, 3.63) is 23.8 Å². The zero-order valence-electron chi connectivity index (χ0n) is 17.1. The lowest BCUT2D eigenvalue weighted by atomic mass is 10.0. The number of benzene rings is 1. The van der Waals surface area contributed by atoms with Crippen LogP contribution in [-0.4, -0.2) is 56.5 Å². The summed E-state index contributed by atoms with van der Waals surface area (Å²) in [7, 11) is 0. The Morgan fingerprint density at radius 2 is 2.00 bits per heavy atom. The van der Waals surface area contributed by atoms with E-state index in [0.29, 0.717) is 24.1 Å². The predicted octanol–water partition coefficient (Wildman–Crippen LogP) is 3.05. The Hall–Kier alpha value is -2.29. The van der Waals surface area contributed by atoms with Crippen molar-refractivity contribution >= 4 is 17.7 Å². The van der Waals surface area contributed by atoms with Gasteiger partial charge in [0, 0.05) is 13.0 Å². The van der Waals surface area contributed by atoms with Gasteiger partial charge in [0.2, 0.25) is 11.1 Å². The minimum absolute atomic E-state index is 0.0684. The molecule has 0 N–H and O–H groups in total. The number of ether oxygens (including phenoxy) is 2. The van der Waals surface area contributed by atoms with E-state index in [0.717, 1.165) is 42.9 Å². The Kier molecular flexibility index (Phi) is 5.67. The molecule has 0 unspecified atom stereocenters. The van der Waals surface area contributed by atoms with Gasteiger partial charge in [-0.15, -0.1) is 5.10 Å². The Morgan fingerprint density at radius 1 is 1.21 bits per heavy atom. The van der Waals surface area contributed by atoms with Gasteiger partial charge in [-0.05, 0) is 61.7 Å². The van der Waals surface area contributed by atoms with Crippen LogP contribution < -0.4 is 9.47 Å². The number of tetrazole rings is 1. The molecule has 1 aromatic carbocycles. The Balaban J connectivity index is 1.45. The average molecular weight is 418 g/mol. The summed E-state index contributed by atoms with van der Waals surface area (Å²) < 4.78 is 13.3. The van der Waals surface area contributed by atoms with E-state index in [4.69, 9.17) is 9.47 Å². The van der Waals surface area contributed by atoms with Gasteiger partial charge in [0.25, 0.3) is 0 Å². The van der Waals surface area contributed by atoms with Crippen LogP contribution >= 0.6 is 11.8 Å². The van der Waals surface area contributed by atoms with E-state index in [1.807, 2.05) is 37.8 Å². The number of carbonyl (C=O) groups is 1. The van der Waals surface area contributed by atoms with Crippen LogP contribution in [0.2, 0.25) is 0 Å². The summed E-state index contributed by atoms with van der Waals surface area (Å²) in [4.78, 5) is 15.0. The summed E-state index contributed by atoms with van der Waals surface area (Å²) in [6, 6.07) is 6.11. The molecule has 0 bridgehead atoms. The van der Waals surface area contributed by atoms with Crippen molar-refractivity contribution in [2.45, 2.75) is 56.8 Å². The standard InChI is InChI=1S/C20H27N5O3S/c1-20(2,3)25-19(21-22-23-25)29-13-18(26)24-9-4-6-15(24)14-7-8-16-17(12-14)28-11-5-10-27-16/h7-8,12,15H,4-6,9-11,13H2,1-3H3/t15-/m0/s1. The van der Waals surface area contributed by atoms with E-state index in [1.165, 1.54) is 11.8 Å². The quantitative estimate of drug-likeness (QED) is 0.707. The number of nitrogens with zero attached hydrogens (tertiary/aromatic N) is 5. The molecule has 1 saturated heterocycles. The Labute approximate surface area is 174 Å². The summed E-state index contributed by atoms with van der Waals surface area (Å²) in [5.74, 6) is 1.98. The van der Waals surface area contributed by atoms with Crippen LogP contribution in [0.5, 0.6) is 11.5 Å². The molecule has 4 rings (SSSR count). The highest BCUT2D eigenvalue weighted by Crippen LogP contribution is 2.38. The molecule has 1 aromatic heterocycles. The normalized spacial score (nSPS) is 19.3. The third kappa shape index (κ3) is 4.34. The lowest BCUT2D eigenvalue weighted by Gasteiger charge is -2.26. The number of carbonyl (C=O) groups excluding carboxylic acids is 1. The maximum atomic E-state index is 13.0. The molecule has 1 fully saturated rings. The number of aromatic nitrogens is 4. The van der Waals surface area contributed by atoms with Gasteiger partial charge < -0.3 is 14.4 Å². The number of fused-ring (bicyclic) bond motifs is 1.